The van der Waals surface area contributed by atoms with Gasteiger partial charge in [-0.2, -0.15) is 0 Å². The molecule has 0 unspecified atom stereocenters. The first kappa shape index (κ1) is 14.7. The number of pyridine rings is 1. The predicted octanol–water partition coefficient (Wildman–Crippen LogP) is 1.94. The number of nitrogens with two attached hydrogens (primary N) is 2. The minimum Gasteiger partial charge on any atom is -0.351 e. The second kappa shape index (κ2) is 6.64. The Labute approximate surface area is 125 Å². The number of hydrogen-bond acceptors (Lipinski definition) is 6. The highest BCUT2D eigenvalue weighted by molar-refractivity contribution is 7.13. The highest BCUT2D eigenvalue weighted by Gasteiger charge is 2.13. The van der Waals surface area contributed by atoms with Crippen molar-refractivity contribution in [2.24, 2.45) is 11.6 Å². The zero-order chi connectivity index (χ0) is 15.2. The third kappa shape index (κ3) is 3.65. The summed E-state index contributed by atoms with van der Waals surface area (Å²) in [7, 11) is 0. The van der Waals surface area contributed by atoms with E-state index < -0.39 is 6.03 Å². The van der Waals surface area contributed by atoms with Crippen molar-refractivity contribution in [3.8, 4) is 0 Å². The molecule has 0 spiro atoms. The number of anilines is 2. The van der Waals surface area contributed by atoms with Crippen LogP contribution in [0.2, 0.25) is 0 Å². The second-order valence-corrected chi connectivity index (χ2v) is 4.76. The molecule has 0 saturated heterocycles. The summed E-state index contributed by atoms with van der Waals surface area (Å²) in [6, 6.07) is 2.74. The molecule has 2 aromatic heterocycles. The van der Waals surface area contributed by atoms with Crippen molar-refractivity contribution in [3.63, 3.8) is 0 Å². The Morgan fingerprint density at radius 3 is 2.86 bits per heavy atom. The van der Waals surface area contributed by atoms with Crippen molar-refractivity contribution in [2.45, 2.75) is 0 Å². The topological polar surface area (TPSA) is 110 Å². The van der Waals surface area contributed by atoms with Crippen LogP contribution in [0.15, 0.2) is 48.6 Å². The predicted molar refractivity (Wildman–Crippen MR) is 84.4 cm³/mol. The first-order chi connectivity index (χ1) is 10.1. The molecule has 0 fully saturated rings. The molecule has 0 radical (unpaired) electrons. The minimum absolute atomic E-state index is 0.336. The number of nitrogens with one attached hydrogen (secondary N) is 1. The summed E-state index contributed by atoms with van der Waals surface area (Å²) in [5.41, 5.74) is 6.49. The van der Waals surface area contributed by atoms with Crippen LogP contribution in [0.1, 0.15) is 5.56 Å². The molecule has 0 aliphatic rings. The maximum Gasteiger partial charge on any atom is 0.317 e. The van der Waals surface area contributed by atoms with Crippen LogP contribution >= 0.6 is 11.3 Å². The van der Waals surface area contributed by atoms with Crippen molar-refractivity contribution >= 4 is 34.0 Å². The number of rotatable bonds is 5. The number of urea groups is 1. The third-order valence-corrected chi connectivity index (χ3v) is 3.24. The van der Waals surface area contributed by atoms with Gasteiger partial charge in [0.25, 0.3) is 0 Å². The molecule has 0 aromatic carbocycles. The second-order valence-electron chi connectivity index (χ2n) is 3.89. The number of nitrogens with zero attached hydrogens (tertiary/aromatic N) is 3. The third-order valence-electron chi connectivity index (χ3n) is 2.47. The lowest BCUT2D eigenvalue weighted by Crippen LogP contribution is -2.29. The van der Waals surface area contributed by atoms with E-state index in [2.05, 4.69) is 21.9 Å². The van der Waals surface area contributed by atoms with Crippen molar-refractivity contribution in [1.82, 2.24) is 9.97 Å². The molecule has 21 heavy (non-hydrogen) atoms. The summed E-state index contributed by atoms with van der Waals surface area (Å²) >= 11 is 1.40. The van der Waals surface area contributed by atoms with E-state index in [1.54, 1.807) is 36.7 Å². The van der Waals surface area contributed by atoms with Crippen LogP contribution in [0, 0.1) is 0 Å². The highest BCUT2D eigenvalue weighted by Crippen LogP contribution is 2.25. The summed E-state index contributed by atoms with van der Waals surface area (Å²) in [5.74, 6) is 6.42. The Balaban J connectivity index is 2.37. The SMILES string of the molecule is C=C/C=C(/c1ccnc(NC(N)=O)c1)N(N)c1nccs1. The zero-order valence-electron chi connectivity index (χ0n) is 11.1. The number of carbonyl (C=O) groups excluding carboxylic acids is 1. The van der Waals surface area contributed by atoms with Crippen molar-refractivity contribution in [3.05, 3.63) is 54.2 Å². The van der Waals surface area contributed by atoms with Gasteiger partial charge in [0.05, 0.1) is 5.70 Å². The van der Waals surface area contributed by atoms with Gasteiger partial charge in [-0.1, -0.05) is 12.7 Å². The normalized spacial score (nSPS) is 11.0. The zero-order valence-corrected chi connectivity index (χ0v) is 11.9. The Bertz CT molecular complexity index is 667. The smallest absolute Gasteiger partial charge is 0.317 e. The van der Waals surface area contributed by atoms with E-state index in [0.29, 0.717) is 16.6 Å². The quantitative estimate of drug-likeness (QED) is 0.444. The number of aromatic nitrogens is 2. The average Bonchev–Trinajstić information content (AvgIpc) is 2.98. The summed E-state index contributed by atoms with van der Waals surface area (Å²) in [6.07, 6.45) is 6.57. The Hall–Kier alpha value is -2.71. The maximum atomic E-state index is 10.9. The van der Waals surface area contributed by atoms with Gasteiger partial charge in [0, 0.05) is 23.3 Å². The number of allylic oxidation sites excluding steroid dienone is 2. The number of hydrazine groups is 1. The summed E-state index contributed by atoms with van der Waals surface area (Å²) in [4.78, 5) is 19.1. The molecular formula is C13H14N6OS. The van der Waals surface area contributed by atoms with Gasteiger partial charge in [0.15, 0.2) is 0 Å². The van der Waals surface area contributed by atoms with Crippen LogP contribution < -0.4 is 21.9 Å². The fourth-order valence-electron chi connectivity index (χ4n) is 1.65. The van der Waals surface area contributed by atoms with E-state index in [1.165, 1.54) is 16.3 Å². The van der Waals surface area contributed by atoms with Crippen molar-refractivity contribution in [2.75, 3.05) is 10.3 Å². The van der Waals surface area contributed by atoms with Crippen LogP contribution in [-0.4, -0.2) is 16.0 Å². The molecule has 2 amide bonds. The van der Waals surface area contributed by atoms with E-state index in [1.807, 2.05) is 5.38 Å². The van der Waals surface area contributed by atoms with Crippen LogP contribution in [-0.2, 0) is 0 Å². The molecule has 0 aliphatic heterocycles. The van der Waals surface area contributed by atoms with Gasteiger partial charge in [-0.15, -0.1) is 11.3 Å². The Kier molecular flexibility index (Phi) is 4.64. The van der Waals surface area contributed by atoms with Gasteiger partial charge < -0.3 is 5.73 Å². The van der Waals surface area contributed by atoms with Crippen molar-refractivity contribution < 1.29 is 4.79 Å². The average molecular weight is 302 g/mol. The lowest BCUT2D eigenvalue weighted by atomic mass is 10.1. The standard InChI is InChI=1S/C13H14N6OS/c1-2-3-10(19(15)13-17-6-7-21-13)9-4-5-16-11(8-9)18-12(14)20/h2-8H,1,15H2,(H3,14,16,18,20)/b10-3-. The first-order valence-corrected chi connectivity index (χ1v) is 6.79. The van der Waals surface area contributed by atoms with Crippen LogP contribution in [0.5, 0.6) is 0 Å². The molecule has 0 atom stereocenters. The summed E-state index contributed by atoms with van der Waals surface area (Å²) in [5, 5.41) is 6.31. The van der Waals surface area contributed by atoms with E-state index in [9.17, 15) is 4.79 Å². The van der Waals surface area contributed by atoms with E-state index in [-0.39, 0.29) is 0 Å². The van der Waals surface area contributed by atoms with Gasteiger partial charge in [0.2, 0.25) is 5.13 Å². The van der Waals surface area contributed by atoms with Crippen LogP contribution in [0.25, 0.3) is 5.70 Å². The molecule has 7 nitrogen and oxygen atoms in total. The maximum absolute atomic E-state index is 10.9. The number of hydrogen-bond donors (Lipinski definition) is 3. The molecule has 0 saturated carbocycles. The lowest BCUT2D eigenvalue weighted by Gasteiger charge is -2.19. The molecule has 2 rings (SSSR count). The van der Waals surface area contributed by atoms with Gasteiger partial charge in [-0.3, -0.25) is 10.3 Å². The van der Waals surface area contributed by atoms with E-state index >= 15 is 0 Å². The number of amides is 2. The molecule has 8 heteroatoms. The highest BCUT2D eigenvalue weighted by atomic mass is 32.1. The van der Waals surface area contributed by atoms with Crippen LogP contribution in [0.4, 0.5) is 15.7 Å². The van der Waals surface area contributed by atoms with Crippen molar-refractivity contribution in [1.29, 1.82) is 0 Å². The molecule has 0 bridgehead atoms. The summed E-state index contributed by atoms with van der Waals surface area (Å²) in [6.45, 7) is 3.68. The Morgan fingerprint density at radius 1 is 1.43 bits per heavy atom. The molecule has 108 valence electrons. The summed E-state index contributed by atoms with van der Waals surface area (Å²) < 4.78 is 0. The Morgan fingerprint density at radius 2 is 2.24 bits per heavy atom. The minimum atomic E-state index is -0.682. The largest absolute Gasteiger partial charge is 0.351 e. The number of primary amides is 1. The number of carbonyl (C=O) groups is 1. The van der Waals surface area contributed by atoms with Gasteiger partial charge in [0.1, 0.15) is 5.82 Å². The van der Waals surface area contributed by atoms with Gasteiger partial charge in [-0.05, 0) is 18.2 Å². The molecule has 5 N–H and O–H groups in total. The van der Waals surface area contributed by atoms with Crippen LogP contribution in [0.3, 0.4) is 0 Å². The molecule has 2 aromatic rings. The fourth-order valence-corrected chi connectivity index (χ4v) is 2.23. The fraction of sp³-hybridized carbons (Fsp3) is 0. The van der Waals surface area contributed by atoms with Gasteiger partial charge >= 0.3 is 6.03 Å². The monoisotopic (exact) mass is 302 g/mol. The lowest BCUT2D eigenvalue weighted by molar-refractivity contribution is 0.259. The molecule has 0 aliphatic carbocycles. The van der Waals surface area contributed by atoms with E-state index in [0.717, 1.165) is 5.56 Å². The first-order valence-electron chi connectivity index (χ1n) is 5.91. The molecule has 2 heterocycles. The molecular weight excluding hydrogens is 288 g/mol. The number of thiazole rings is 1. The van der Waals surface area contributed by atoms with Gasteiger partial charge in [-0.25, -0.2) is 20.6 Å². The van der Waals surface area contributed by atoms with E-state index in [4.69, 9.17) is 11.6 Å².